The third-order valence-corrected chi connectivity index (χ3v) is 2.04. The Morgan fingerprint density at radius 2 is 1.56 bits per heavy atom. The molecule has 94 valence electrons. The number of rotatable bonds is 3. The molecular weight excluding hydrogens is 277 g/mol. The molecular formula is C12H27N3Zr. The monoisotopic (exact) mass is 303 g/mol. The van der Waals surface area contributed by atoms with Crippen LogP contribution >= 0.6 is 0 Å². The van der Waals surface area contributed by atoms with E-state index in [0.29, 0.717) is 0 Å². The van der Waals surface area contributed by atoms with Gasteiger partial charge >= 0.3 is 26.2 Å². The van der Waals surface area contributed by atoms with Crippen LogP contribution in [0.3, 0.4) is 0 Å². The zero-order chi connectivity index (χ0) is 11.9. The SMILES string of the molecule is C[N-]C.C[N-]C.C[N-]CCC1C[CH-]CC1.[Zr+4]. The number of nitrogens with zero attached hydrogens (tertiary/aromatic N) is 3. The molecule has 0 aliphatic heterocycles. The van der Waals surface area contributed by atoms with Gasteiger partial charge in [0.1, 0.15) is 0 Å². The topological polar surface area (TPSA) is 42.3 Å². The van der Waals surface area contributed by atoms with Crippen LogP contribution in [0.2, 0.25) is 0 Å². The van der Waals surface area contributed by atoms with Gasteiger partial charge in [-0.1, -0.05) is 18.8 Å². The van der Waals surface area contributed by atoms with Gasteiger partial charge < -0.3 is 22.4 Å². The molecule has 0 heterocycles. The van der Waals surface area contributed by atoms with Gasteiger partial charge in [-0.2, -0.15) is 48.1 Å². The van der Waals surface area contributed by atoms with Gasteiger partial charge in [-0.3, -0.25) is 0 Å². The van der Waals surface area contributed by atoms with Crippen molar-refractivity contribution >= 4 is 0 Å². The van der Waals surface area contributed by atoms with Crippen LogP contribution in [-0.2, 0) is 26.2 Å². The van der Waals surface area contributed by atoms with E-state index in [1.165, 1.54) is 25.7 Å². The third kappa shape index (κ3) is 20.2. The Hall–Kier alpha value is 0.763. The maximum absolute atomic E-state index is 4.09. The minimum absolute atomic E-state index is 0. The maximum Gasteiger partial charge on any atom is 4.00 e. The summed E-state index contributed by atoms with van der Waals surface area (Å²) in [6, 6.07) is 0. The molecule has 4 heteroatoms. The molecule has 0 aromatic heterocycles. The summed E-state index contributed by atoms with van der Waals surface area (Å²) >= 11 is 0. The number of hydrogen-bond donors (Lipinski definition) is 0. The minimum atomic E-state index is 0. The predicted molar refractivity (Wildman–Crippen MR) is 70.8 cm³/mol. The van der Waals surface area contributed by atoms with E-state index in [1.807, 2.05) is 7.05 Å². The van der Waals surface area contributed by atoms with Crippen molar-refractivity contribution in [2.75, 3.05) is 41.8 Å². The second kappa shape index (κ2) is 21.1. The van der Waals surface area contributed by atoms with Crippen LogP contribution < -0.4 is 0 Å². The molecule has 0 radical (unpaired) electrons. The van der Waals surface area contributed by atoms with Crippen LogP contribution in [-0.4, -0.2) is 41.8 Å². The molecule has 0 bridgehead atoms. The van der Waals surface area contributed by atoms with Crippen molar-refractivity contribution in [2.45, 2.75) is 25.7 Å². The molecule has 0 N–H and O–H groups in total. The van der Waals surface area contributed by atoms with E-state index in [0.717, 1.165) is 12.5 Å². The average Bonchev–Trinajstić information content (AvgIpc) is 2.70. The summed E-state index contributed by atoms with van der Waals surface area (Å²) in [5.74, 6) is 0.966. The Balaban J connectivity index is -0.000000207. The molecule has 0 aromatic rings. The van der Waals surface area contributed by atoms with Crippen LogP contribution in [0.1, 0.15) is 25.7 Å². The average molecular weight is 305 g/mol. The van der Waals surface area contributed by atoms with Gasteiger partial charge in [0, 0.05) is 0 Å². The van der Waals surface area contributed by atoms with Gasteiger partial charge in [0.15, 0.2) is 0 Å². The fourth-order valence-electron chi connectivity index (χ4n) is 1.40. The molecule has 1 fully saturated rings. The van der Waals surface area contributed by atoms with Crippen molar-refractivity contribution in [1.82, 2.24) is 0 Å². The van der Waals surface area contributed by atoms with E-state index in [-0.39, 0.29) is 26.2 Å². The molecule has 1 rings (SSSR count). The number of hydrogen-bond acceptors (Lipinski definition) is 0. The molecule has 1 aliphatic carbocycles. The Morgan fingerprint density at radius 3 is 1.88 bits per heavy atom. The second-order valence-electron chi connectivity index (χ2n) is 3.69. The van der Waals surface area contributed by atoms with E-state index < -0.39 is 0 Å². The normalized spacial score (nSPS) is 17.4. The minimum Gasteiger partial charge on any atom is -0.668 e. The first-order valence-corrected chi connectivity index (χ1v) is 5.59. The second-order valence-corrected chi connectivity index (χ2v) is 3.69. The smallest absolute Gasteiger partial charge is 0.668 e. The fourth-order valence-corrected chi connectivity index (χ4v) is 1.40. The molecule has 0 spiro atoms. The van der Waals surface area contributed by atoms with Gasteiger partial charge in [0.25, 0.3) is 0 Å². The standard InChI is InChI=1S/C8H15N.2C2H6N.Zr/c1-9-7-6-8-4-2-3-5-8;2*1-3-2;/h2,8H,3-7H2,1H3;2*1-2H3;/q-2;2*-1;+4. The third-order valence-electron chi connectivity index (χ3n) is 2.04. The zero-order valence-corrected chi connectivity index (χ0v) is 14.0. The molecule has 1 unspecified atom stereocenters. The summed E-state index contributed by atoms with van der Waals surface area (Å²) in [4.78, 5) is 0. The van der Waals surface area contributed by atoms with E-state index in [4.69, 9.17) is 0 Å². The Labute approximate surface area is 122 Å². The fraction of sp³-hybridized carbons (Fsp3) is 0.917. The zero-order valence-electron chi connectivity index (χ0n) is 11.5. The largest absolute Gasteiger partial charge is 4.00 e. The predicted octanol–water partition coefficient (Wildman–Crippen LogP) is 3.62. The van der Waals surface area contributed by atoms with Crippen LogP contribution in [0, 0.1) is 12.3 Å². The summed E-state index contributed by atoms with van der Waals surface area (Å²) in [5.41, 5.74) is 0. The van der Waals surface area contributed by atoms with Crippen molar-refractivity contribution < 1.29 is 26.2 Å². The molecule has 1 saturated carbocycles. The molecule has 3 nitrogen and oxygen atoms in total. The molecule has 1 aliphatic rings. The summed E-state index contributed by atoms with van der Waals surface area (Å²) in [6.07, 6.45) is 7.81. The van der Waals surface area contributed by atoms with Gasteiger partial charge in [0.2, 0.25) is 0 Å². The van der Waals surface area contributed by atoms with Gasteiger partial charge in [0.05, 0.1) is 0 Å². The van der Waals surface area contributed by atoms with Crippen LogP contribution in [0.25, 0.3) is 16.0 Å². The molecule has 16 heavy (non-hydrogen) atoms. The molecule has 0 amide bonds. The molecule has 0 aromatic carbocycles. The van der Waals surface area contributed by atoms with Crippen molar-refractivity contribution in [1.29, 1.82) is 0 Å². The first kappa shape index (κ1) is 22.0. The summed E-state index contributed by atoms with van der Waals surface area (Å²) in [5, 5.41) is 11.1. The Kier molecular flexibility index (Phi) is 29.0. The maximum atomic E-state index is 4.09. The molecule has 1 atom stereocenters. The van der Waals surface area contributed by atoms with Crippen LogP contribution in [0.4, 0.5) is 0 Å². The van der Waals surface area contributed by atoms with Crippen molar-refractivity contribution in [2.24, 2.45) is 5.92 Å². The summed E-state index contributed by atoms with van der Waals surface area (Å²) in [6.45, 7) is 1.07. The molecule has 0 saturated heterocycles. The summed E-state index contributed by atoms with van der Waals surface area (Å²) in [7, 11) is 8.90. The van der Waals surface area contributed by atoms with Crippen LogP contribution in [0.5, 0.6) is 0 Å². The van der Waals surface area contributed by atoms with E-state index in [9.17, 15) is 0 Å². The van der Waals surface area contributed by atoms with Crippen molar-refractivity contribution in [3.05, 3.63) is 22.4 Å². The van der Waals surface area contributed by atoms with E-state index >= 15 is 0 Å². The summed E-state index contributed by atoms with van der Waals surface area (Å²) < 4.78 is 0. The van der Waals surface area contributed by atoms with Gasteiger partial charge in [-0.05, 0) is 0 Å². The Bertz CT molecular complexity index is 94.3. The Morgan fingerprint density at radius 1 is 1.06 bits per heavy atom. The first-order valence-electron chi connectivity index (χ1n) is 5.59. The van der Waals surface area contributed by atoms with Crippen LogP contribution in [0.15, 0.2) is 0 Å². The van der Waals surface area contributed by atoms with Crippen molar-refractivity contribution in [3.63, 3.8) is 0 Å². The van der Waals surface area contributed by atoms with E-state index in [1.54, 1.807) is 28.2 Å². The van der Waals surface area contributed by atoms with Crippen molar-refractivity contribution in [3.8, 4) is 0 Å². The van der Waals surface area contributed by atoms with E-state index in [2.05, 4.69) is 22.4 Å². The first-order chi connectivity index (χ1) is 7.26. The quantitative estimate of drug-likeness (QED) is 0.715. The van der Waals surface area contributed by atoms with Gasteiger partial charge in [-0.25, -0.2) is 0 Å². The van der Waals surface area contributed by atoms with Gasteiger partial charge in [-0.15, -0.1) is 6.54 Å².